The molecular formula is C26H22N4O. The summed E-state index contributed by atoms with van der Waals surface area (Å²) in [5.74, 6) is 0.297. The summed E-state index contributed by atoms with van der Waals surface area (Å²) in [5.41, 5.74) is 5.02. The zero-order chi connectivity index (χ0) is 21.0. The fraction of sp³-hybridized carbons (Fsp3) is 0.115. The maximum atomic E-state index is 13.2. The number of para-hydroxylation sites is 1. The van der Waals surface area contributed by atoms with Gasteiger partial charge in [0.25, 0.3) is 5.91 Å². The number of aromatic nitrogens is 3. The van der Waals surface area contributed by atoms with Gasteiger partial charge >= 0.3 is 0 Å². The molecule has 1 aliphatic rings. The highest BCUT2D eigenvalue weighted by Gasteiger charge is 2.29. The van der Waals surface area contributed by atoms with Crippen molar-refractivity contribution >= 4 is 23.7 Å². The lowest BCUT2D eigenvalue weighted by atomic mass is 10.1. The Morgan fingerprint density at radius 1 is 0.935 bits per heavy atom. The van der Waals surface area contributed by atoms with E-state index in [9.17, 15) is 4.79 Å². The third kappa shape index (κ3) is 4.46. The van der Waals surface area contributed by atoms with E-state index in [1.54, 1.807) is 10.9 Å². The third-order valence-corrected chi connectivity index (χ3v) is 5.24. The van der Waals surface area contributed by atoms with Crippen molar-refractivity contribution in [1.82, 2.24) is 14.8 Å². The quantitative estimate of drug-likeness (QED) is 0.455. The fourth-order valence-corrected chi connectivity index (χ4v) is 3.48. The van der Waals surface area contributed by atoms with Crippen LogP contribution in [-0.2, 0) is 0 Å². The van der Waals surface area contributed by atoms with E-state index in [-0.39, 0.29) is 5.91 Å². The number of nitrogens with one attached hydrogen (secondary N) is 1. The van der Waals surface area contributed by atoms with Gasteiger partial charge in [0.15, 0.2) is 0 Å². The Kier molecular flexibility index (Phi) is 5.15. The first kappa shape index (κ1) is 19.0. The average Bonchev–Trinajstić information content (AvgIpc) is 3.57. The minimum Gasteiger partial charge on any atom is -0.321 e. The molecular weight excluding hydrogens is 384 g/mol. The molecule has 5 heteroatoms. The van der Waals surface area contributed by atoms with Crippen LogP contribution in [-0.4, -0.2) is 20.7 Å². The topological polar surface area (TPSA) is 59.8 Å². The summed E-state index contributed by atoms with van der Waals surface area (Å²) in [4.78, 5) is 17.5. The molecule has 0 unspecified atom stereocenters. The first-order valence-corrected chi connectivity index (χ1v) is 10.4. The number of rotatable bonds is 6. The Bertz CT molecular complexity index is 1220. The summed E-state index contributed by atoms with van der Waals surface area (Å²) in [6.45, 7) is 0. The Morgan fingerprint density at radius 2 is 1.77 bits per heavy atom. The largest absolute Gasteiger partial charge is 0.321 e. The third-order valence-electron chi connectivity index (χ3n) is 5.24. The van der Waals surface area contributed by atoms with Crippen LogP contribution in [0.5, 0.6) is 0 Å². The Morgan fingerprint density at radius 3 is 2.55 bits per heavy atom. The van der Waals surface area contributed by atoms with E-state index in [1.807, 2.05) is 91.0 Å². The van der Waals surface area contributed by atoms with Crippen molar-refractivity contribution < 1.29 is 4.79 Å². The zero-order valence-corrected chi connectivity index (χ0v) is 17.0. The lowest BCUT2D eigenvalue weighted by Crippen LogP contribution is -2.17. The van der Waals surface area contributed by atoms with E-state index in [0.717, 1.165) is 41.2 Å². The van der Waals surface area contributed by atoms with E-state index in [2.05, 4.69) is 10.3 Å². The van der Waals surface area contributed by atoms with Gasteiger partial charge in [-0.3, -0.25) is 9.78 Å². The van der Waals surface area contributed by atoms with E-state index < -0.39 is 0 Å². The van der Waals surface area contributed by atoms with Crippen molar-refractivity contribution in [3.05, 3.63) is 108 Å². The molecule has 5 rings (SSSR count). The molecule has 0 aliphatic heterocycles. The second-order valence-electron chi connectivity index (χ2n) is 7.64. The van der Waals surface area contributed by atoms with Gasteiger partial charge in [-0.05, 0) is 66.9 Å². The van der Waals surface area contributed by atoms with E-state index in [1.165, 1.54) is 0 Å². The van der Waals surface area contributed by atoms with E-state index in [4.69, 9.17) is 5.10 Å². The number of carbonyl (C=O) groups excluding carboxylic acids is 1. The van der Waals surface area contributed by atoms with Crippen molar-refractivity contribution in [3.63, 3.8) is 0 Å². The standard InChI is InChI=1S/C26H22N4O/c31-26(25-18-24(20-13-14-20)29-30(25)23-10-2-1-3-11-23)28-22-9-6-7-19(17-22)12-15-21-8-4-5-16-27-21/h1-12,15-18,20H,13-14H2,(H,28,31)/b15-12+. The predicted octanol–water partition coefficient (Wildman–Crippen LogP) is 5.57. The molecule has 0 bridgehead atoms. The maximum Gasteiger partial charge on any atom is 0.274 e. The van der Waals surface area contributed by atoms with Gasteiger partial charge in [0.2, 0.25) is 0 Å². The van der Waals surface area contributed by atoms with Gasteiger partial charge in [0, 0.05) is 17.8 Å². The molecule has 1 aliphatic carbocycles. The predicted molar refractivity (Wildman–Crippen MR) is 123 cm³/mol. The van der Waals surface area contributed by atoms with Crippen LogP contribution in [0.25, 0.3) is 17.8 Å². The average molecular weight is 406 g/mol. The Balaban J connectivity index is 1.39. The number of nitrogens with zero attached hydrogens (tertiary/aromatic N) is 3. The van der Waals surface area contributed by atoms with Gasteiger partial charge in [0.05, 0.1) is 17.1 Å². The van der Waals surface area contributed by atoms with Crippen LogP contribution in [0.3, 0.4) is 0 Å². The summed E-state index contributed by atoms with van der Waals surface area (Å²) in [7, 11) is 0. The molecule has 1 N–H and O–H groups in total. The Labute approximate surface area is 181 Å². The lowest BCUT2D eigenvalue weighted by Gasteiger charge is -2.09. The molecule has 0 spiro atoms. The first-order valence-electron chi connectivity index (χ1n) is 10.4. The summed E-state index contributed by atoms with van der Waals surface area (Å²) < 4.78 is 1.74. The zero-order valence-electron chi connectivity index (χ0n) is 17.0. The first-order chi connectivity index (χ1) is 15.3. The van der Waals surface area contributed by atoms with Crippen molar-refractivity contribution in [1.29, 1.82) is 0 Å². The smallest absolute Gasteiger partial charge is 0.274 e. The van der Waals surface area contributed by atoms with Gasteiger partial charge in [-0.1, -0.05) is 42.5 Å². The molecule has 0 radical (unpaired) electrons. The van der Waals surface area contributed by atoms with Crippen molar-refractivity contribution in [2.75, 3.05) is 5.32 Å². The molecule has 152 valence electrons. The maximum absolute atomic E-state index is 13.2. The van der Waals surface area contributed by atoms with Gasteiger partial charge in [-0.15, -0.1) is 0 Å². The van der Waals surface area contributed by atoms with E-state index >= 15 is 0 Å². The molecule has 0 atom stereocenters. The molecule has 0 saturated heterocycles. The van der Waals surface area contributed by atoms with Crippen LogP contribution < -0.4 is 5.32 Å². The molecule has 1 amide bonds. The number of benzene rings is 2. The summed E-state index contributed by atoms with van der Waals surface area (Å²) in [6.07, 6.45) is 7.97. The molecule has 31 heavy (non-hydrogen) atoms. The van der Waals surface area contributed by atoms with Gasteiger partial charge in [-0.2, -0.15) is 5.10 Å². The van der Waals surface area contributed by atoms with E-state index in [0.29, 0.717) is 11.6 Å². The minimum atomic E-state index is -0.172. The van der Waals surface area contributed by atoms with Gasteiger partial charge < -0.3 is 5.32 Å². The van der Waals surface area contributed by atoms with Crippen LogP contribution in [0, 0.1) is 0 Å². The summed E-state index contributed by atoms with van der Waals surface area (Å²) in [5, 5.41) is 7.75. The van der Waals surface area contributed by atoms with Crippen LogP contribution in [0.2, 0.25) is 0 Å². The second kappa shape index (κ2) is 8.40. The molecule has 2 heterocycles. The molecule has 5 nitrogen and oxygen atoms in total. The van der Waals surface area contributed by atoms with Crippen molar-refractivity contribution in [2.45, 2.75) is 18.8 Å². The highest BCUT2D eigenvalue weighted by molar-refractivity contribution is 6.03. The number of amides is 1. The van der Waals surface area contributed by atoms with Crippen molar-refractivity contribution in [3.8, 4) is 5.69 Å². The highest BCUT2D eigenvalue weighted by atomic mass is 16.2. The molecule has 1 fully saturated rings. The molecule has 2 aromatic heterocycles. The molecule has 1 saturated carbocycles. The monoisotopic (exact) mass is 406 g/mol. The SMILES string of the molecule is O=C(Nc1cccc(/C=C/c2ccccn2)c1)c1cc(C2CC2)nn1-c1ccccc1. The van der Waals surface area contributed by atoms with Gasteiger partial charge in [-0.25, -0.2) is 4.68 Å². The lowest BCUT2D eigenvalue weighted by molar-refractivity contribution is 0.101. The Hall–Kier alpha value is -3.99. The molecule has 4 aromatic rings. The number of hydrogen-bond donors (Lipinski definition) is 1. The fourth-order valence-electron chi connectivity index (χ4n) is 3.48. The van der Waals surface area contributed by atoms with Crippen LogP contribution in [0.4, 0.5) is 5.69 Å². The van der Waals surface area contributed by atoms with Crippen LogP contribution in [0.15, 0.2) is 85.1 Å². The van der Waals surface area contributed by atoms with Gasteiger partial charge in [0.1, 0.15) is 5.69 Å². The summed E-state index contributed by atoms with van der Waals surface area (Å²) >= 11 is 0. The highest BCUT2D eigenvalue weighted by Crippen LogP contribution is 2.39. The molecule has 2 aromatic carbocycles. The van der Waals surface area contributed by atoms with Crippen LogP contribution in [0.1, 0.15) is 46.2 Å². The number of carbonyl (C=O) groups is 1. The normalized spacial score (nSPS) is 13.4. The second-order valence-corrected chi connectivity index (χ2v) is 7.64. The number of anilines is 1. The van der Waals surface area contributed by atoms with Crippen molar-refractivity contribution in [2.24, 2.45) is 0 Å². The minimum absolute atomic E-state index is 0.172. The van der Waals surface area contributed by atoms with Crippen LogP contribution >= 0.6 is 0 Å². The summed E-state index contributed by atoms with van der Waals surface area (Å²) in [6, 6.07) is 25.3. The number of pyridine rings is 1. The number of hydrogen-bond acceptors (Lipinski definition) is 3.